The quantitative estimate of drug-likeness (QED) is 0.00654. The fourth-order valence-electron chi connectivity index (χ4n) is 8.70. The monoisotopic (exact) mass is 1020 g/mol. The molecule has 0 fully saturated rings. The molecule has 0 amide bonds. The zero-order valence-electron chi connectivity index (χ0n) is 41.2. The SMILES string of the molecule is C=CCCCCN(/N=C/c1ccc(C2=C([O-])/C(=c3/cc/c(=C\N=[N+](CCCCC=C)c4c(F)c(F)c(F)c(F)c4F)n3CC(CC)CCCC)C2=O)n1CC(CC)CCCC)c1c(F)c(F)c(F)c(F)c1F. The van der Waals surface area contributed by atoms with Crippen LogP contribution in [0, 0.1) is 70.0 Å². The molecule has 2 aromatic heterocycles. The van der Waals surface area contributed by atoms with Crippen molar-refractivity contribution in [2.24, 2.45) is 22.1 Å². The van der Waals surface area contributed by atoms with E-state index in [0.29, 0.717) is 48.2 Å². The number of hydrogen-bond donors (Lipinski definition) is 0. The van der Waals surface area contributed by atoms with E-state index in [2.05, 4.69) is 23.4 Å². The van der Waals surface area contributed by atoms with E-state index in [1.807, 2.05) is 27.7 Å². The Labute approximate surface area is 413 Å². The van der Waals surface area contributed by atoms with E-state index in [1.54, 1.807) is 21.3 Å². The molecule has 0 radical (unpaired) electrons. The standard InChI is InChI=1S/C54H62F10N6O2/c1-7-13-17-19-27-69(51-47(61)43(57)41(55)44(58)48(51)62)65-29-35-23-25-37(67(35)31-33(11-5)21-15-9-3)39-53(71)40(54(39)72)38-26-24-36(68(38)32-34(12-6)22-16-10-4)30-66-70(28-20-18-14-8-2)52-49(63)45(59)42(56)46(60)50(52)64/h7-8,23-26,29-30,33-34H,1-2,9-22,27-28,31-32H2,3-6H3. The topological polar surface area (TPSA) is 81.0 Å². The molecule has 8 nitrogen and oxygen atoms in total. The van der Waals surface area contributed by atoms with Crippen LogP contribution in [-0.4, -0.2) is 38.9 Å². The largest absolute Gasteiger partial charge is 0.871 e. The molecule has 390 valence electrons. The van der Waals surface area contributed by atoms with Gasteiger partial charge >= 0.3 is 5.69 Å². The van der Waals surface area contributed by atoms with E-state index in [-0.39, 0.29) is 84.1 Å². The van der Waals surface area contributed by atoms with Gasteiger partial charge < -0.3 is 14.2 Å². The molecule has 0 bridgehead atoms. The van der Waals surface area contributed by atoms with Gasteiger partial charge in [0, 0.05) is 37.2 Å². The first-order valence-corrected chi connectivity index (χ1v) is 24.6. The van der Waals surface area contributed by atoms with Gasteiger partial charge in [-0.25, -0.2) is 35.1 Å². The lowest BCUT2D eigenvalue weighted by Gasteiger charge is -2.32. The maximum atomic E-state index is 15.2. The highest BCUT2D eigenvalue weighted by molar-refractivity contribution is 6.51. The molecule has 0 spiro atoms. The minimum atomic E-state index is -2.31. The van der Waals surface area contributed by atoms with Crippen LogP contribution in [0.5, 0.6) is 0 Å². The number of rotatable bonds is 28. The van der Waals surface area contributed by atoms with Crippen molar-refractivity contribution in [3.05, 3.63) is 136 Å². The number of azo groups is 2. The molecule has 5 rings (SSSR count). The number of carbonyl (C=O) groups is 1. The second-order valence-corrected chi connectivity index (χ2v) is 17.9. The Balaban J connectivity index is 1.72. The summed E-state index contributed by atoms with van der Waals surface area (Å²) in [6.07, 6.45) is 14.4. The number of carbonyl (C=O) groups excluding carboxylic acids is 1. The van der Waals surface area contributed by atoms with Crippen molar-refractivity contribution in [2.45, 2.75) is 131 Å². The van der Waals surface area contributed by atoms with E-state index in [9.17, 15) is 36.2 Å². The summed E-state index contributed by atoms with van der Waals surface area (Å²) in [4.78, 5) is 14.5. The highest BCUT2D eigenvalue weighted by Gasteiger charge is 2.36. The summed E-state index contributed by atoms with van der Waals surface area (Å²) in [5.41, 5.74) is -2.35. The molecular formula is C54H62F10N6O2. The summed E-state index contributed by atoms with van der Waals surface area (Å²) >= 11 is 0. The smallest absolute Gasteiger partial charge is 0.309 e. The fourth-order valence-corrected chi connectivity index (χ4v) is 8.70. The van der Waals surface area contributed by atoms with Gasteiger partial charge in [-0.1, -0.05) is 88.8 Å². The Morgan fingerprint density at radius 1 is 0.653 bits per heavy atom. The summed E-state index contributed by atoms with van der Waals surface area (Å²) in [7, 11) is 0. The number of benzene rings is 2. The summed E-state index contributed by atoms with van der Waals surface area (Å²) in [5.74, 6) is -22.6. The van der Waals surface area contributed by atoms with Crippen LogP contribution in [0.4, 0.5) is 55.3 Å². The molecule has 0 saturated heterocycles. The number of hydrazone groups is 1. The number of nitrogens with zero attached hydrogens (tertiary/aromatic N) is 6. The van der Waals surface area contributed by atoms with E-state index >= 15 is 17.6 Å². The van der Waals surface area contributed by atoms with Crippen LogP contribution < -0.4 is 20.8 Å². The molecule has 2 atom stereocenters. The van der Waals surface area contributed by atoms with Crippen LogP contribution in [-0.2, 0) is 17.9 Å². The lowest BCUT2D eigenvalue weighted by molar-refractivity contribution is -0.512. The normalized spacial score (nSPS) is 15.0. The van der Waals surface area contributed by atoms with Crippen molar-refractivity contribution < 1.29 is 58.5 Å². The van der Waals surface area contributed by atoms with Crippen molar-refractivity contribution in [3.8, 4) is 0 Å². The Hall–Kier alpha value is -6.20. The van der Waals surface area contributed by atoms with Gasteiger partial charge in [0.2, 0.25) is 34.9 Å². The minimum absolute atomic E-state index is 0.0161. The predicted molar refractivity (Wildman–Crippen MR) is 257 cm³/mol. The first-order valence-electron chi connectivity index (χ1n) is 24.6. The van der Waals surface area contributed by atoms with Gasteiger partial charge in [0.1, 0.15) is 11.9 Å². The number of halogens is 10. The van der Waals surface area contributed by atoms with E-state index in [4.69, 9.17) is 0 Å². The number of aromatic nitrogens is 2. The van der Waals surface area contributed by atoms with Crippen LogP contribution in [0.15, 0.2) is 65.6 Å². The molecule has 0 saturated carbocycles. The third-order valence-corrected chi connectivity index (χ3v) is 13.0. The van der Waals surface area contributed by atoms with Crippen LogP contribution >= 0.6 is 0 Å². The Morgan fingerprint density at radius 3 is 1.71 bits per heavy atom. The van der Waals surface area contributed by atoms with Gasteiger partial charge in [-0.15, -0.1) is 13.2 Å². The van der Waals surface area contributed by atoms with Crippen molar-refractivity contribution in [1.82, 2.24) is 9.13 Å². The highest BCUT2D eigenvalue weighted by atomic mass is 19.2. The molecule has 1 aliphatic rings. The molecule has 72 heavy (non-hydrogen) atoms. The molecular weight excluding hydrogens is 955 g/mol. The van der Waals surface area contributed by atoms with Crippen LogP contribution in [0.25, 0.3) is 17.3 Å². The van der Waals surface area contributed by atoms with Gasteiger partial charge in [0.05, 0.1) is 28.3 Å². The third-order valence-electron chi connectivity index (χ3n) is 13.0. The minimum Gasteiger partial charge on any atom is -0.871 e. The first-order chi connectivity index (χ1) is 34.5. The van der Waals surface area contributed by atoms with Gasteiger partial charge in [0.25, 0.3) is 0 Å². The zero-order chi connectivity index (χ0) is 52.8. The Bertz CT molecular complexity index is 2770. The molecule has 0 aliphatic heterocycles. The van der Waals surface area contributed by atoms with Crippen molar-refractivity contribution in [3.63, 3.8) is 0 Å². The Kier molecular flexibility index (Phi) is 20.9. The third kappa shape index (κ3) is 12.5. The number of unbranched alkanes of at least 4 members (excludes halogenated alkanes) is 6. The second kappa shape index (κ2) is 26.5. The van der Waals surface area contributed by atoms with Gasteiger partial charge in [-0.2, -0.15) is 13.9 Å². The number of hydrogen-bond acceptors (Lipinski definition) is 5. The zero-order valence-corrected chi connectivity index (χ0v) is 41.2. The number of ketones is 1. The fraction of sp³-hybridized carbons (Fsp3) is 0.444. The molecule has 2 aromatic carbocycles. The second-order valence-electron chi connectivity index (χ2n) is 17.9. The molecule has 4 aromatic rings. The summed E-state index contributed by atoms with van der Waals surface area (Å²) < 4.78 is 151. The van der Waals surface area contributed by atoms with Gasteiger partial charge in [-0.05, 0) is 86.2 Å². The average Bonchev–Trinajstić information content (AvgIpc) is 3.95. The van der Waals surface area contributed by atoms with E-state index < -0.39 is 81.1 Å². The van der Waals surface area contributed by atoms with Crippen LogP contribution in [0.1, 0.15) is 129 Å². The van der Waals surface area contributed by atoms with Crippen molar-refractivity contribution >= 4 is 40.7 Å². The van der Waals surface area contributed by atoms with Gasteiger partial charge in [0.15, 0.2) is 35.6 Å². The van der Waals surface area contributed by atoms with Crippen molar-refractivity contribution in [2.75, 3.05) is 18.1 Å². The summed E-state index contributed by atoms with van der Waals surface area (Å²) in [6, 6.07) is 6.13. The highest BCUT2D eigenvalue weighted by Crippen LogP contribution is 2.37. The number of Topliss-reactive ketones (excluding diaryl/α,β-unsaturated/α-hetero) is 1. The van der Waals surface area contributed by atoms with Crippen LogP contribution in [0.2, 0.25) is 0 Å². The summed E-state index contributed by atoms with van der Waals surface area (Å²) in [6.45, 7) is 15.4. The Morgan fingerprint density at radius 2 is 1.18 bits per heavy atom. The molecule has 2 unspecified atom stereocenters. The molecule has 2 heterocycles. The average molecular weight is 1020 g/mol. The first kappa shape index (κ1) is 56.7. The van der Waals surface area contributed by atoms with E-state index in [0.717, 1.165) is 38.5 Å². The van der Waals surface area contributed by atoms with Crippen molar-refractivity contribution in [1.29, 1.82) is 0 Å². The molecule has 18 heteroatoms. The number of anilines is 1. The summed E-state index contributed by atoms with van der Waals surface area (Å²) in [5, 5.41) is 24.2. The van der Waals surface area contributed by atoms with Gasteiger partial charge in [-0.3, -0.25) is 9.80 Å². The van der Waals surface area contributed by atoms with E-state index in [1.165, 1.54) is 36.7 Å². The maximum Gasteiger partial charge on any atom is 0.309 e. The van der Waals surface area contributed by atoms with Crippen LogP contribution in [0.3, 0.4) is 0 Å². The number of allylic oxidation sites excluding steroid dienone is 4. The molecule has 0 N–H and O–H groups in total. The maximum absolute atomic E-state index is 15.2. The molecule has 1 aliphatic carbocycles. The predicted octanol–water partition coefficient (Wildman–Crippen LogP) is 12.7. The lowest BCUT2D eigenvalue weighted by atomic mass is 9.85. The lowest BCUT2D eigenvalue weighted by Crippen LogP contribution is -2.39.